The Hall–Kier alpha value is -4.79. The van der Waals surface area contributed by atoms with Gasteiger partial charge in [0, 0.05) is 11.1 Å². The van der Waals surface area contributed by atoms with Crippen molar-refractivity contribution < 1.29 is 23.9 Å². The van der Waals surface area contributed by atoms with Gasteiger partial charge in [-0.2, -0.15) is 9.78 Å². The number of rotatable bonds is 9. The zero-order chi connectivity index (χ0) is 26.2. The summed E-state index contributed by atoms with van der Waals surface area (Å²) in [6, 6.07) is 21.5. The Kier molecular flexibility index (Phi) is 8.05. The number of esters is 2. The molecular formula is C28H25N3O6. The highest BCUT2D eigenvalue weighted by Gasteiger charge is 2.20. The molecular weight excluding hydrogens is 474 g/mol. The molecule has 0 atom stereocenters. The van der Waals surface area contributed by atoms with Crippen molar-refractivity contribution >= 4 is 34.3 Å². The normalized spacial score (nSPS) is 10.6. The monoisotopic (exact) mass is 499 g/mol. The summed E-state index contributed by atoms with van der Waals surface area (Å²) < 4.78 is 11.5. The summed E-state index contributed by atoms with van der Waals surface area (Å²) in [7, 11) is 0. The molecule has 0 aliphatic rings. The van der Waals surface area contributed by atoms with Gasteiger partial charge in [-0.05, 0) is 48.9 Å². The van der Waals surface area contributed by atoms with Crippen molar-refractivity contribution in [1.82, 2.24) is 9.78 Å². The summed E-state index contributed by atoms with van der Waals surface area (Å²) in [5.74, 6) is -1.86. The lowest BCUT2D eigenvalue weighted by molar-refractivity contribution is -0.119. The Morgan fingerprint density at radius 2 is 1.51 bits per heavy atom. The highest BCUT2D eigenvalue weighted by Crippen LogP contribution is 2.16. The molecule has 188 valence electrons. The van der Waals surface area contributed by atoms with E-state index < -0.39 is 24.5 Å². The van der Waals surface area contributed by atoms with Crippen LogP contribution in [0.4, 0.5) is 5.69 Å². The van der Waals surface area contributed by atoms with E-state index in [2.05, 4.69) is 10.4 Å². The molecule has 1 N–H and O–H groups in total. The summed E-state index contributed by atoms with van der Waals surface area (Å²) in [5.41, 5.74) is 0.814. The number of amides is 1. The zero-order valence-electron chi connectivity index (χ0n) is 20.2. The van der Waals surface area contributed by atoms with Crippen molar-refractivity contribution in [3.8, 4) is 5.69 Å². The summed E-state index contributed by atoms with van der Waals surface area (Å²) in [6.07, 6.45) is 1.71. The number of anilines is 1. The fraction of sp³-hybridized carbons (Fsp3) is 0.179. The number of carbonyl (C=O) groups is 3. The quantitative estimate of drug-likeness (QED) is 0.272. The predicted octanol–water partition coefficient (Wildman–Crippen LogP) is 4.14. The molecule has 0 fully saturated rings. The van der Waals surface area contributed by atoms with Crippen LogP contribution in [0.25, 0.3) is 16.5 Å². The Labute approximate surface area is 212 Å². The van der Waals surface area contributed by atoms with E-state index >= 15 is 0 Å². The van der Waals surface area contributed by atoms with Gasteiger partial charge in [-0.15, -0.1) is 0 Å². The maximum atomic E-state index is 13.0. The lowest BCUT2D eigenvalue weighted by Crippen LogP contribution is -2.26. The number of unbranched alkanes of at least 4 members (excludes halogenated alkanes) is 1. The van der Waals surface area contributed by atoms with E-state index in [1.54, 1.807) is 78.9 Å². The Morgan fingerprint density at radius 1 is 0.838 bits per heavy atom. The second kappa shape index (κ2) is 11.8. The number of benzene rings is 3. The van der Waals surface area contributed by atoms with E-state index in [1.165, 1.54) is 0 Å². The molecule has 0 saturated carbocycles. The molecule has 37 heavy (non-hydrogen) atoms. The third kappa shape index (κ3) is 6.07. The maximum Gasteiger partial charge on any atom is 0.359 e. The average Bonchev–Trinajstić information content (AvgIpc) is 2.93. The van der Waals surface area contributed by atoms with Crippen LogP contribution in [0.3, 0.4) is 0 Å². The van der Waals surface area contributed by atoms with Crippen molar-refractivity contribution in [2.75, 3.05) is 18.5 Å². The minimum Gasteiger partial charge on any atom is -0.462 e. The first-order valence-corrected chi connectivity index (χ1v) is 11.8. The van der Waals surface area contributed by atoms with E-state index in [-0.39, 0.29) is 11.3 Å². The molecule has 4 aromatic rings. The van der Waals surface area contributed by atoms with E-state index in [9.17, 15) is 19.2 Å². The average molecular weight is 500 g/mol. The van der Waals surface area contributed by atoms with Gasteiger partial charge in [-0.25, -0.2) is 9.59 Å². The van der Waals surface area contributed by atoms with Crippen LogP contribution in [-0.2, 0) is 14.3 Å². The predicted molar refractivity (Wildman–Crippen MR) is 138 cm³/mol. The summed E-state index contributed by atoms with van der Waals surface area (Å²) in [5, 5.41) is 7.47. The summed E-state index contributed by atoms with van der Waals surface area (Å²) in [6.45, 7) is 1.79. The first kappa shape index (κ1) is 25.3. The Morgan fingerprint density at radius 3 is 2.22 bits per heavy atom. The molecule has 0 radical (unpaired) electrons. The molecule has 9 heteroatoms. The summed E-state index contributed by atoms with van der Waals surface area (Å²) in [4.78, 5) is 50.3. The molecule has 1 aromatic heterocycles. The molecule has 3 aromatic carbocycles. The minimum absolute atomic E-state index is 0.0854. The molecule has 0 saturated heterocycles. The third-order valence-electron chi connectivity index (χ3n) is 5.47. The number of ether oxygens (including phenoxy) is 2. The largest absolute Gasteiger partial charge is 0.462 e. The lowest BCUT2D eigenvalue weighted by Gasteiger charge is -2.11. The SMILES string of the molecule is CCCCOC(=O)c1ccc(NC(=O)COC(=O)c2nn(-c3ccccc3)c(=O)c3ccccc23)cc1. The van der Waals surface area contributed by atoms with Crippen molar-refractivity contribution in [3.63, 3.8) is 0 Å². The number of carbonyl (C=O) groups excluding carboxylic acids is 3. The second-order valence-electron chi connectivity index (χ2n) is 8.14. The number of para-hydroxylation sites is 1. The van der Waals surface area contributed by atoms with Gasteiger partial charge < -0.3 is 14.8 Å². The third-order valence-corrected chi connectivity index (χ3v) is 5.47. The van der Waals surface area contributed by atoms with Crippen LogP contribution in [0.2, 0.25) is 0 Å². The van der Waals surface area contributed by atoms with E-state index in [4.69, 9.17) is 9.47 Å². The van der Waals surface area contributed by atoms with Crippen LogP contribution in [0.1, 0.15) is 40.6 Å². The van der Waals surface area contributed by atoms with Crippen LogP contribution in [0.5, 0.6) is 0 Å². The second-order valence-corrected chi connectivity index (χ2v) is 8.14. The number of hydrogen-bond donors (Lipinski definition) is 1. The molecule has 0 aliphatic carbocycles. The molecule has 0 aliphatic heterocycles. The molecule has 0 spiro atoms. The zero-order valence-corrected chi connectivity index (χ0v) is 20.2. The highest BCUT2D eigenvalue weighted by molar-refractivity contribution is 6.03. The van der Waals surface area contributed by atoms with Crippen LogP contribution in [0.15, 0.2) is 83.7 Å². The van der Waals surface area contributed by atoms with Gasteiger partial charge in [0.1, 0.15) is 0 Å². The van der Waals surface area contributed by atoms with Crippen LogP contribution < -0.4 is 10.9 Å². The fourth-order valence-electron chi connectivity index (χ4n) is 3.56. The maximum absolute atomic E-state index is 13.0. The Bertz CT molecular complexity index is 1480. The van der Waals surface area contributed by atoms with Crippen molar-refractivity contribution in [2.24, 2.45) is 0 Å². The first-order valence-electron chi connectivity index (χ1n) is 11.8. The van der Waals surface area contributed by atoms with Gasteiger partial charge in [0.2, 0.25) is 0 Å². The van der Waals surface area contributed by atoms with Crippen LogP contribution in [-0.4, -0.2) is 40.8 Å². The molecule has 0 unspecified atom stereocenters. The van der Waals surface area contributed by atoms with E-state index in [1.807, 2.05) is 6.92 Å². The number of aromatic nitrogens is 2. The van der Waals surface area contributed by atoms with Gasteiger partial charge in [-0.1, -0.05) is 49.7 Å². The van der Waals surface area contributed by atoms with E-state index in [0.29, 0.717) is 34.3 Å². The van der Waals surface area contributed by atoms with Crippen molar-refractivity contribution in [1.29, 1.82) is 0 Å². The standard InChI is InChI=1S/C28H25N3O6/c1-2-3-17-36-27(34)19-13-15-20(16-14-19)29-24(32)18-37-28(35)25-22-11-7-8-12-23(22)26(33)31(30-25)21-9-5-4-6-10-21/h4-16H,2-3,17-18H2,1H3,(H,29,32). The number of fused-ring (bicyclic) bond motifs is 1. The first-order chi connectivity index (χ1) is 18.0. The molecule has 1 heterocycles. The van der Waals surface area contributed by atoms with Gasteiger partial charge >= 0.3 is 11.9 Å². The molecule has 0 bridgehead atoms. The fourth-order valence-corrected chi connectivity index (χ4v) is 3.56. The van der Waals surface area contributed by atoms with Gasteiger partial charge in [-0.3, -0.25) is 9.59 Å². The number of hydrogen-bond acceptors (Lipinski definition) is 7. The molecule has 4 rings (SSSR count). The highest BCUT2D eigenvalue weighted by atomic mass is 16.5. The van der Waals surface area contributed by atoms with Gasteiger partial charge in [0.25, 0.3) is 11.5 Å². The lowest BCUT2D eigenvalue weighted by atomic mass is 10.1. The van der Waals surface area contributed by atoms with Crippen molar-refractivity contribution in [2.45, 2.75) is 19.8 Å². The smallest absolute Gasteiger partial charge is 0.359 e. The van der Waals surface area contributed by atoms with Crippen molar-refractivity contribution in [3.05, 3.63) is 100 Å². The molecule has 9 nitrogen and oxygen atoms in total. The van der Waals surface area contributed by atoms with Gasteiger partial charge in [0.05, 0.1) is 23.2 Å². The minimum atomic E-state index is -0.846. The van der Waals surface area contributed by atoms with Crippen LogP contribution >= 0.6 is 0 Å². The topological polar surface area (TPSA) is 117 Å². The summed E-state index contributed by atoms with van der Waals surface area (Å²) >= 11 is 0. The van der Waals surface area contributed by atoms with Gasteiger partial charge in [0.15, 0.2) is 12.3 Å². The van der Waals surface area contributed by atoms with E-state index in [0.717, 1.165) is 17.5 Å². The number of nitrogens with zero attached hydrogens (tertiary/aromatic N) is 2. The number of nitrogens with one attached hydrogen (secondary N) is 1. The molecule has 1 amide bonds. The Balaban J connectivity index is 1.44. The van der Waals surface area contributed by atoms with Crippen LogP contribution in [0, 0.1) is 0 Å².